The summed E-state index contributed by atoms with van der Waals surface area (Å²) in [6.45, 7) is 0.486. The van der Waals surface area contributed by atoms with Crippen LogP contribution in [0.25, 0.3) is 10.9 Å². The number of primary amides is 1. The molecule has 0 unspecified atom stereocenters. The van der Waals surface area contributed by atoms with Crippen molar-refractivity contribution in [3.63, 3.8) is 0 Å². The predicted molar refractivity (Wildman–Crippen MR) is 364 cm³/mol. The highest BCUT2D eigenvalue weighted by atomic mass is 16.6. The molecule has 39 heteroatoms. The molecule has 2 aliphatic rings. The molecule has 4 heterocycles. The van der Waals surface area contributed by atoms with Gasteiger partial charge in [0.1, 0.15) is 78.5 Å². The van der Waals surface area contributed by atoms with E-state index in [1.165, 1.54) is 41.7 Å². The van der Waals surface area contributed by atoms with E-state index in [2.05, 4.69) is 73.1 Å². The summed E-state index contributed by atoms with van der Waals surface area (Å²) in [5.41, 5.74) is 17.9. The Morgan fingerprint density at radius 3 is 1.90 bits per heavy atom. The van der Waals surface area contributed by atoms with Crippen LogP contribution < -0.4 is 70.4 Å². The molecule has 13 atom stereocenters. The van der Waals surface area contributed by atoms with E-state index in [1.807, 2.05) is 0 Å². The summed E-state index contributed by atoms with van der Waals surface area (Å²) in [5.74, 6) is -13.2. The lowest BCUT2D eigenvalue weighted by Crippen LogP contribution is -2.63. The average Bonchev–Trinajstić information content (AvgIpc) is 1.38. The Morgan fingerprint density at radius 1 is 0.654 bits per heavy atom. The quantitative estimate of drug-likeness (QED) is 0.0112. The maximum absolute atomic E-state index is 14.7. The van der Waals surface area contributed by atoms with E-state index >= 15 is 0 Å². The Bertz CT molecular complexity index is 3660. The number of phenols is 1. The van der Waals surface area contributed by atoms with Crippen LogP contribution in [0, 0.1) is 5.92 Å². The SMILES string of the molecule is CC(C)C[C@H](NC(=O)CNC(=O)[C@H](Cc1ccc(O)cc1)NC(=O)[C@H](CO)NC(=O)[C@H](Cc1c[nH]c2ccccc12)NC(=O)[C@H](Cc1cnc[nH]1)NC(=O)[C@H](CCC(=O)O)NC(=O)CCC(=O)N[C@@H]1O[C@H](CO)[C@H](O)[C@H](O)[C@H]1O)C(=O)N[C@@H](CCCN=C(N)N)C(=O)N1CCC[C@H]1C(=O)NCC(N)=O. The number of aliphatic carboxylic acids is 1. The zero-order valence-electron chi connectivity index (χ0n) is 57.1. The zero-order valence-corrected chi connectivity index (χ0v) is 57.1. The lowest BCUT2D eigenvalue weighted by molar-refractivity contribution is -0.236. The van der Waals surface area contributed by atoms with Crippen LogP contribution >= 0.6 is 0 Å². The average molecular weight is 1460 g/mol. The molecule has 2 aromatic heterocycles. The molecule has 2 saturated heterocycles. The number of phenolic OH excluding ortho intramolecular Hbond substituents is 1. The van der Waals surface area contributed by atoms with Crippen molar-refractivity contribution < 1.29 is 103 Å². The number of aromatic nitrogens is 3. The molecule has 0 spiro atoms. The van der Waals surface area contributed by atoms with Crippen molar-refractivity contribution in [2.24, 2.45) is 28.1 Å². The third-order valence-corrected chi connectivity index (χ3v) is 16.9. The molecule has 0 bridgehead atoms. The lowest BCUT2D eigenvalue weighted by Gasteiger charge is -2.40. The maximum Gasteiger partial charge on any atom is 0.303 e. The van der Waals surface area contributed by atoms with Gasteiger partial charge in [-0.1, -0.05) is 44.2 Å². The number of hydrogen-bond acceptors (Lipinski definition) is 22. The van der Waals surface area contributed by atoms with Crippen LogP contribution in [0.4, 0.5) is 0 Å². The molecule has 104 heavy (non-hydrogen) atoms. The Balaban J connectivity index is 1.18. The van der Waals surface area contributed by atoms with Crippen LogP contribution in [-0.2, 0) is 86.3 Å². The van der Waals surface area contributed by atoms with Gasteiger partial charge in [0.15, 0.2) is 12.2 Å². The number of guanidine groups is 1. The van der Waals surface area contributed by atoms with Crippen LogP contribution in [0.3, 0.4) is 0 Å². The molecule has 0 aliphatic carbocycles. The minimum atomic E-state index is -1.89. The number of fused-ring (bicyclic) bond motifs is 1. The first-order valence-electron chi connectivity index (χ1n) is 33.5. The maximum atomic E-state index is 14.7. The number of para-hydroxylation sites is 1. The van der Waals surface area contributed by atoms with Gasteiger partial charge in [-0.2, -0.15) is 0 Å². The van der Waals surface area contributed by atoms with E-state index < -0.39 is 208 Å². The highest BCUT2D eigenvalue weighted by molar-refractivity contribution is 5.99. The second kappa shape index (κ2) is 40.1. The van der Waals surface area contributed by atoms with Gasteiger partial charge >= 0.3 is 5.97 Å². The number of hydrogen-bond donors (Lipinski definition) is 22. The van der Waals surface area contributed by atoms with Gasteiger partial charge in [0.2, 0.25) is 70.9 Å². The van der Waals surface area contributed by atoms with E-state index in [0.29, 0.717) is 28.5 Å². The van der Waals surface area contributed by atoms with Gasteiger partial charge in [-0.3, -0.25) is 67.3 Å². The normalized spacial score (nSPS) is 19.1. The van der Waals surface area contributed by atoms with Crippen LogP contribution in [0.5, 0.6) is 5.75 Å². The standard InChI is InChI=1S/C65H92N18O21/c1-32(2)21-41(58(98)77-40(9-5-19-70-65(67)68)64(103)83-20-6-10-46(83)62(102)72-27-48(66)87)76-51(90)28-73-56(96)42(22-33-11-13-36(86)14-12-33)78-61(101)45(29-84)81-59(99)43(23-34-25-71-38-8-4-3-7-37(34)38)79-60(100)44(24-35-26-69-31-74-35)80-57(97)39(15-18-52(91)92)75-49(88)16-17-50(89)82-63-55(95)54(94)53(93)47(30-85)104-63/h3-4,7-8,11-14,25-26,31-32,39-47,53-55,63,71,84-86,93-95H,5-6,9-10,15-24,27-30H2,1-2H3,(H2,66,87)(H,69,74)(H,72,102)(H,73,96)(H,75,88)(H,76,90)(H,77,98)(H,78,101)(H,79,100)(H,80,97)(H,81,99)(H,82,89)(H,91,92)(H4,67,68,70)/t39-,40-,41-,42-,43-,44-,45-,46-,47+,53-,54-,55+,63+/m0/s1. The number of aliphatic hydroxyl groups is 5. The molecule has 0 radical (unpaired) electrons. The van der Waals surface area contributed by atoms with Crippen molar-refractivity contribution in [1.29, 1.82) is 0 Å². The summed E-state index contributed by atoms with van der Waals surface area (Å²) in [6, 6.07) is 0.172. The topological polar surface area (TPSA) is 631 Å². The minimum absolute atomic E-state index is 0.0128. The van der Waals surface area contributed by atoms with Gasteiger partial charge in [-0.25, -0.2) is 4.98 Å². The summed E-state index contributed by atoms with van der Waals surface area (Å²) < 4.78 is 5.28. The highest BCUT2D eigenvalue weighted by Gasteiger charge is 2.45. The fourth-order valence-corrected chi connectivity index (χ4v) is 11.5. The second-order valence-electron chi connectivity index (χ2n) is 25.4. The number of rotatable bonds is 40. The number of imidazole rings is 1. The summed E-state index contributed by atoms with van der Waals surface area (Å²) in [5, 5.41) is 95.8. The number of carboxylic acids is 1. The number of ether oxygens (including phenoxy) is 1. The molecular weight excluding hydrogens is 1370 g/mol. The van der Waals surface area contributed by atoms with Crippen LogP contribution in [-0.4, -0.2) is 257 Å². The molecule has 2 aromatic carbocycles. The number of carbonyl (C=O) groups excluding carboxylic acids is 12. The van der Waals surface area contributed by atoms with E-state index in [1.54, 1.807) is 44.3 Å². The first-order valence-corrected chi connectivity index (χ1v) is 33.5. The molecular formula is C65H92N18O21. The van der Waals surface area contributed by atoms with E-state index in [9.17, 15) is 98.1 Å². The number of H-pyrrole nitrogens is 2. The molecule has 39 nitrogen and oxygen atoms in total. The number of benzene rings is 2. The summed E-state index contributed by atoms with van der Waals surface area (Å²) >= 11 is 0. The first kappa shape index (κ1) is 82.1. The minimum Gasteiger partial charge on any atom is -0.508 e. The van der Waals surface area contributed by atoms with Crippen LogP contribution in [0.2, 0.25) is 0 Å². The molecule has 12 amide bonds. The number of aromatic amines is 2. The van der Waals surface area contributed by atoms with Crippen molar-refractivity contribution in [2.45, 2.75) is 170 Å². The van der Waals surface area contributed by atoms with Crippen molar-refractivity contribution in [2.75, 3.05) is 39.4 Å². The molecule has 6 rings (SSSR count). The largest absolute Gasteiger partial charge is 0.508 e. The molecule has 0 saturated carbocycles. The molecule has 2 aliphatic heterocycles. The number of carbonyl (C=O) groups is 13. The Kier molecular flexibility index (Phi) is 31.7. The zero-order chi connectivity index (χ0) is 76.3. The number of nitrogens with one attached hydrogen (secondary N) is 12. The fourth-order valence-electron chi connectivity index (χ4n) is 11.5. The molecule has 25 N–H and O–H groups in total. The van der Waals surface area contributed by atoms with Crippen molar-refractivity contribution in [3.05, 3.63) is 84.1 Å². The fraction of sp³-hybridized carbons (Fsp3) is 0.523. The number of aliphatic imine (C=N–C) groups is 1. The van der Waals surface area contributed by atoms with Gasteiger partial charge in [-0.15, -0.1) is 0 Å². The molecule has 2 fully saturated rings. The van der Waals surface area contributed by atoms with Gasteiger partial charge in [0.05, 0.1) is 32.6 Å². The summed E-state index contributed by atoms with van der Waals surface area (Å²) in [4.78, 5) is 192. The third-order valence-electron chi connectivity index (χ3n) is 16.9. The number of aromatic hydroxyl groups is 1. The lowest BCUT2D eigenvalue weighted by atomic mass is 9.98. The molecule has 568 valence electrons. The van der Waals surface area contributed by atoms with Gasteiger partial charge in [0.25, 0.3) is 0 Å². The Hall–Kier alpha value is -10.9. The number of amides is 12. The second-order valence-corrected chi connectivity index (χ2v) is 25.4. The molecule has 4 aromatic rings. The highest BCUT2D eigenvalue weighted by Crippen LogP contribution is 2.24. The number of nitrogens with zero attached hydrogens (tertiary/aromatic N) is 3. The Labute approximate surface area is 594 Å². The van der Waals surface area contributed by atoms with Gasteiger partial charge in [-0.05, 0) is 73.8 Å². The van der Waals surface area contributed by atoms with Gasteiger partial charge in [0, 0.05) is 80.6 Å². The number of nitrogens with two attached hydrogens (primary N) is 3. The van der Waals surface area contributed by atoms with E-state index in [0.717, 1.165) is 0 Å². The van der Waals surface area contributed by atoms with Crippen LogP contribution in [0.15, 0.2) is 72.2 Å². The first-order chi connectivity index (χ1) is 49.4. The smallest absolute Gasteiger partial charge is 0.303 e. The van der Waals surface area contributed by atoms with E-state index in [-0.39, 0.29) is 81.4 Å². The number of carboxylic acid groups (broad SMARTS) is 1. The van der Waals surface area contributed by atoms with Gasteiger partial charge < -0.3 is 126 Å². The number of aliphatic hydroxyl groups excluding tert-OH is 5. The van der Waals surface area contributed by atoms with Crippen LogP contribution in [0.1, 0.15) is 88.5 Å². The summed E-state index contributed by atoms with van der Waals surface area (Å²) in [7, 11) is 0. The van der Waals surface area contributed by atoms with Crippen molar-refractivity contribution >= 4 is 93.7 Å². The van der Waals surface area contributed by atoms with E-state index in [4.69, 9.17) is 21.9 Å². The predicted octanol–water partition coefficient (Wildman–Crippen LogP) is -7.62. The number of likely N-dealkylation sites (tertiary alicyclic amines) is 1. The monoisotopic (exact) mass is 1460 g/mol. The van der Waals surface area contributed by atoms with Crippen molar-refractivity contribution in [1.82, 2.24) is 73.0 Å². The Morgan fingerprint density at radius 2 is 1.27 bits per heavy atom. The van der Waals surface area contributed by atoms with Crippen molar-refractivity contribution in [3.8, 4) is 5.75 Å². The third kappa shape index (κ3) is 25.3. The summed E-state index contributed by atoms with van der Waals surface area (Å²) in [6.07, 6.45) is -7.05.